The average Bonchev–Trinajstić information content (AvgIpc) is 2.81. The molecule has 0 spiro atoms. The van der Waals surface area contributed by atoms with Gasteiger partial charge in [-0.2, -0.15) is 4.98 Å². The molecule has 0 amide bonds. The summed E-state index contributed by atoms with van der Waals surface area (Å²) in [4.78, 5) is 32.0. The first-order valence-corrected chi connectivity index (χ1v) is 7.68. The van der Waals surface area contributed by atoms with Gasteiger partial charge in [-0.15, -0.1) is 0 Å². The molecule has 0 aliphatic heterocycles. The van der Waals surface area contributed by atoms with Crippen molar-refractivity contribution < 1.29 is 4.90 Å². The Hall–Kier alpha value is -2.09. The lowest BCUT2D eigenvalue weighted by Crippen LogP contribution is -3.06. The Labute approximate surface area is 128 Å². The van der Waals surface area contributed by atoms with E-state index in [0.29, 0.717) is 23.7 Å². The van der Waals surface area contributed by atoms with Crippen LogP contribution in [0.25, 0.3) is 11.2 Å². The Balaban J connectivity index is 2.49. The van der Waals surface area contributed by atoms with E-state index in [2.05, 4.69) is 36.3 Å². The number of fused-ring (bicyclic) bond motifs is 1. The number of hydrogen-bond acceptors (Lipinski definition) is 4. The third-order valence-electron chi connectivity index (χ3n) is 3.65. The molecule has 22 heavy (non-hydrogen) atoms. The molecular weight excluding hydrogens is 284 g/mol. The predicted molar refractivity (Wildman–Crippen MR) is 86.7 cm³/mol. The lowest BCUT2D eigenvalue weighted by molar-refractivity contribution is -0.856. The number of H-pyrrole nitrogens is 1. The van der Waals surface area contributed by atoms with Gasteiger partial charge in [-0.1, -0.05) is 13.3 Å². The van der Waals surface area contributed by atoms with Gasteiger partial charge >= 0.3 is 5.69 Å². The van der Waals surface area contributed by atoms with E-state index < -0.39 is 5.69 Å². The van der Waals surface area contributed by atoms with E-state index in [4.69, 9.17) is 0 Å². The summed E-state index contributed by atoms with van der Waals surface area (Å²) in [6.45, 7) is 4.49. The Bertz CT molecular complexity index is 755. The summed E-state index contributed by atoms with van der Waals surface area (Å²) in [5.41, 5.74) is 0.0507. The first kappa shape index (κ1) is 16.3. The SMILES string of the molecule is CCCCn1c(NCC[NH+](C)C)nc2c1c(=O)[nH]c(=O)n2C. The van der Waals surface area contributed by atoms with Crippen molar-refractivity contribution in [1.82, 2.24) is 19.1 Å². The molecule has 8 heteroatoms. The standard InChI is InChI=1S/C14H24N6O2/c1-5-6-8-20-10-11(19(4)14(22)17-12(10)21)16-13(20)15-7-9-18(2)3/h5-9H2,1-4H3,(H,15,16)(H,17,21,22)/p+1. The molecule has 0 aliphatic rings. The highest BCUT2D eigenvalue weighted by Crippen LogP contribution is 2.15. The minimum absolute atomic E-state index is 0.381. The molecule has 2 aromatic rings. The number of hydrogen-bond donors (Lipinski definition) is 3. The summed E-state index contributed by atoms with van der Waals surface area (Å²) < 4.78 is 3.25. The second kappa shape index (κ2) is 6.78. The second-order valence-electron chi connectivity index (χ2n) is 5.81. The third kappa shape index (κ3) is 3.22. The molecule has 122 valence electrons. The average molecular weight is 309 g/mol. The van der Waals surface area contributed by atoms with Gasteiger partial charge in [0.1, 0.15) is 0 Å². The fourth-order valence-corrected chi connectivity index (χ4v) is 2.33. The summed E-state index contributed by atoms with van der Waals surface area (Å²) in [6.07, 6.45) is 1.96. The maximum absolute atomic E-state index is 12.2. The fraction of sp³-hybridized carbons (Fsp3) is 0.643. The molecule has 0 atom stereocenters. The van der Waals surface area contributed by atoms with E-state index in [1.165, 1.54) is 9.47 Å². The number of likely N-dealkylation sites (N-methyl/N-ethyl adjacent to an activating group) is 1. The van der Waals surface area contributed by atoms with Gasteiger partial charge in [0.05, 0.1) is 27.2 Å². The van der Waals surface area contributed by atoms with Crippen LogP contribution in [-0.4, -0.2) is 46.3 Å². The Morgan fingerprint density at radius 2 is 2.05 bits per heavy atom. The summed E-state index contributed by atoms with van der Waals surface area (Å²) >= 11 is 0. The number of quaternary nitrogens is 1. The maximum atomic E-state index is 12.2. The zero-order valence-corrected chi connectivity index (χ0v) is 13.7. The normalized spacial score (nSPS) is 11.5. The van der Waals surface area contributed by atoms with Crippen LogP contribution < -0.4 is 21.5 Å². The van der Waals surface area contributed by atoms with Crippen molar-refractivity contribution in [2.75, 3.05) is 32.5 Å². The zero-order chi connectivity index (χ0) is 16.3. The monoisotopic (exact) mass is 309 g/mol. The third-order valence-corrected chi connectivity index (χ3v) is 3.65. The number of nitrogens with zero attached hydrogens (tertiary/aromatic N) is 3. The molecule has 0 saturated heterocycles. The molecule has 0 fully saturated rings. The molecule has 0 aromatic carbocycles. The van der Waals surface area contributed by atoms with Crippen LogP contribution in [0.5, 0.6) is 0 Å². The summed E-state index contributed by atoms with van der Waals surface area (Å²) in [5.74, 6) is 0.649. The van der Waals surface area contributed by atoms with Crippen molar-refractivity contribution in [3.63, 3.8) is 0 Å². The highest BCUT2D eigenvalue weighted by atomic mass is 16.2. The lowest BCUT2D eigenvalue weighted by atomic mass is 10.3. The maximum Gasteiger partial charge on any atom is 0.329 e. The number of imidazole rings is 1. The number of aromatic nitrogens is 4. The van der Waals surface area contributed by atoms with Crippen molar-refractivity contribution in [3.05, 3.63) is 20.8 Å². The second-order valence-corrected chi connectivity index (χ2v) is 5.81. The van der Waals surface area contributed by atoms with Crippen LogP contribution >= 0.6 is 0 Å². The molecule has 2 rings (SSSR count). The highest BCUT2D eigenvalue weighted by Gasteiger charge is 2.16. The van der Waals surface area contributed by atoms with Crippen molar-refractivity contribution in [1.29, 1.82) is 0 Å². The van der Waals surface area contributed by atoms with E-state index in [1.54, 1.807) is 7.05 Å². The van der Waals surface area contributed by atoms with Gasteiger partial charge in [0.15, 0.2) is 11.2 Å². The minimum Gasteiger partial charge on any atom is -0.350 e. The van der Waals surface area contributed by atoms with E-state index in [0.717, 1.165) is 25.9 Å². The number of rotatable bonds is 7. The quantitative estimate of drug-likeness (QED) is 0.598. The van der Waals surface area contributed by atoms with Crippen LogP contribution in [0, 0.1) is 0 Å². The molecule has 2 aromatic heterocycles. The summed E-state index contributed by atoms with van der Waals surface area (Å²) in [7, 11) is 5.78. The molecule has 3 N–H and O–H groups in total. The highest BCUT2D eigenvalue weighted by molar-refractivity contribution is 5.74. The van der Waals surface area contributed by atoms with Crippen LogP contribution in [0.1, 0.15) is 19.8 Å². The van der Waals surface area contributed by atoms with Crippen LogP contribution in [0.3, 0.4) is 0 Å². The van der Waals surface area contributed by atoms with E-state index in [9.17, 15) is 9.59 Å². The number of unbranched alkanes of at least 4 members (excludes halogenated alkanes) is 1. The molecule has 0 unspecified atom stereocenters. The molecule has 0 aliphatic carbocycles. The van der Waals surface area contributed by atoms with Crippen LogP contribution in [-0.2, 0) is 13.6 Å². The van der Waals surface area contributed by atoms with E-state index in [-0.39, 0.29) is 5.56 Å². The van der Waals surface area contributed by atoms with Crippen LogP contribution in [0.15, 0.2) is 9.59 Å². The van der Waals surface area contributed by atoms with Crippen molar-refractivity contribution in [2.45, 2.75) is 26.3 Å². The summed E-state index contributed by atoms with van der Waals surface area (Å²) in [6, 6.07) is 0. The van der Waals surface area contributed by atoms with E-state index in [1.807, 2.05) is 4.57 Å². The minimum atomic E-state index is -0.443. The number of nitrogens with one attached hydrogen (secondary N) is 3. The zero-order valence-electron chi connectivity index (χ0n) is 13.7. The molecular formula is C14H25N6O2+. The Morgan fingerprint density at radius 1 is 1.32 bits per heavy atom. The topological polar surface area (TPSA) is 89.2 Å². The molecule has 0 bridgehead atoms. The van der Waals surface area contributed by atoms with Gasteiger partial charge in [-0.25, -0.2) is 4.79 Å². The predicted octanol–water partition coefficient (Wildman–Crippen LogP) is -1.22. The van der Waals surface area contributed by atoms with Crippen molar-refractivity contribution in [3.8, 4) is 0 Å². The Morgan fingerprint density at radius 3 is 2.68 bits per heavy atom. The first-order chi connectivity index (χ1) is 10.5. The summed E-state index contributed by atoms with van der Waals surface area (Å²) in [5, 5.41) is 3.28. The van der Waals surface area contributed by atoms with Crippen molar-refractivity contribution in [2.24, 2.45) is 7.05 Å². The number of aryl methyl sites for hydroxylation is 2. The fourth-order valence-electron chi connectivity index (χ4n) is 2.33. The number of anilines is 1. The van der Waals surface area contributed by atoms with Gasteiger partial charge in [0.25, 0.3) is 5.56 Å². The van der Waals surface area contributed by atoms with Gasteiger partial charge in [-0.05, 0) is 6.42 Å². The number of aromatic amines is 1. The van der Waals surface area contributed by atoms with Gasteiger partial charge in [-0.3, -0.25) is 14.3 Å². The van der Waals surface area contributed by atoms with Gasteiger partial charge in [0.2, 0.25) is 5.95 Å². The molecule has 8 nitrogen and oxygen atoms in total. The molecule has 2 heterocycles. The van der Waals surface area contributed by atoms with Gasteiger partial charge < -0.3 is 14.8 Å². The Kier molecular flexibility index (Phi) is 5.02. The van der Waals surface area contributed by atoms with Crippen LogP contribution in [0.4, 0.5) is 5.95 Å². The van der Waals surface area contributed by atoms with Crippen LogP contribution in [0.2, 0.25) is 0 Å². The lowest BCUT2D eigenvalue weighted by Gasteiger charge is -2.11. The van der Waals surface area contributed by atoms with E-state index >= 15 is 0 Å². The molecule has 0 radical (unpaired) electrons. The largest absolute Gasteiger partial charge is 0.350 e. The van der Waals surface area contributed by atoms with Crippen molar-refractivity contribution >= 4 is 17.1 Å². The smallest absolute Gasteiger partial charge is 0.329 e. The molecule has 0 saturated carbocycles. The van der Waals surface area contributed by atoms with Gasteiger partial charge in [0, 0.05) is 13.6 Å². The first-order valence-electron chi connectivity index (χ1n) is 7.68.